The van der Waals surface area contributed by atoms with E-state index in [2.05, 4.69) is 6.58 Å². The Balaban J connectivity index is 1.80. The number of thioether (sulfide) groups is 1. The molecule has 4 aromatic rings. The normalized spacial score (nSPS) is 14.8. The average Bonchev–Trinajstić information content (AvgIpc) is 3.30. The van der Waals surface area contributed by atoms with E-state index in [1.807, 2.05) is 60.9 Å². The maximum absolute atomic E-state index is 14.1. The van der Waals surface area contributed by atoms with E-state index in [4.69, 9.17) is 26.1 Å². The summed E-state index contributed by atoms with van der Waals surface area (Å²) in [5, 5.41) is 0.512. The van der Waals surface area contributed by atoms with E-state index in [-0.39, 0.29) is 12.2 Å². The highest BCUT2D eigenvalue weighted by molar-refractivity contribution is 7.98. The lowest BCUT2D eigenvalue weighted by Gasteiger charge is -2.26. The van der Waals surface area contributed by atoms with Crippen LogP contribution in [-0.4, -0.2) is 30.0 Å². The molecule has 0 aliphatic carbocycles. The molecule has 5 rings (SSSR count). The number of ether oxygens (including phenoxy) is 2. The van der Waals surface area contributed by atoms with Crippen LogP contribution in [0, 0.1) is 0 Å². The first-order valence-electron chi connectivity index (χ1n) is 12.9. The molecular formula is C32H27ClN2O4S2. The molecule has 9 heteroatoms. The zero-order valence-corrected chi connectivity index (χ0v) is 24.9. The van der Waals surface area contributed by atoms with E-state index in [0.717, 1.165) is 16.0 Å². The third kappa shape index (κ3) is 5.95. The number of nitrogens with zero attached hydrogens (tertiary/aromatic N) is 2. The largest absolute Gasteiger partial charge is 0.489 e. The van der Waals surface area contributed by atoms with Crippen LogP contribution in [0.1, 0.15) is 29.7 Å². The Morgan fingerprint density at radius 3 is 2.59 bits per heavy atom. The van der Waals surface area contributed by atoms with Crippen LogP contribution in [0.4, 0.5) is 0 Å². The number of benzene rings is 3. The fourth-order valence-corrected chi connectivity index (χ4v) is 6.18. The Bertz CT molecular complexity index is 1810. The van der Waals surface area contributed by atoms with Crippen molar-refractivity contribution in [1.29, 1.82) is 0 Å². The van der Waals surface area contributed by atoms with E-state index in [0.29, 0.717) is 43.5 Å². The molecule has 2 heterocycles. The van der Waals surface area contributed by atoms with Gasteiger partial charge in [0.05, 0.1) is 28.5 Å². The third-order valence-corrected chi connectivity index (χ3v) is 8.38. The van der Waals surface area contributed by atoms with E-state index < -0.39 is 12.0 Å². The minimum Gasteiger partial charge on any atom is -0.489 e. The molecule has 0 fully saturated rings. The lowest BCUT2D eigenvalue weighted by molar-refractivity contribution is -0.138. The van der Waals surface area contributed by atoms with E-state index >= 15 is 0 Å². The maximum Gasteiger partial charge on any atom is 0.338 e. The highest BCUT2D eigenvalue weighted by Gasteiger charge is 2.35. The van der Waals surface area contributed by atoms with Crippen molar-refractivity contribution in [1.82, 2.24) is 4.57 Å². The van der Waals surface area contributed by atoms with Gasteiger partial charge < -0.3 is 9.47 Å². The molecule has 1 aromatic heterocycles. The van der Waals surface area contributed by atoms with Gasteiger partial charge >= 0.3 is 5.97 Å². The molecule has 0 unspecified atom stereocenters. The lowest BCUT2D eigenvalue weighted by Crippen LogP contribution is -2.40. The van der Waals surface area contributed by atoms with Crippen molar-refractivity contribution < 1.29 is 14.3 Å². The van der Waals surface area contributed by atoms with Crippen molar-refractivity contribution in [3.05, 3.63) is 132 Å². The molecule has 3 aromatic carbocycles. The van der Waals surface area contributed by atoms with Crippen LogP contribution in [-0.2, 0) is 9.53 Å². The van der Waals surface area contributed by atoms with E-state index in [1.54, 1.807) is 53.6 Å². The summed E-state index contributed by atoms with van der Waals surface area (Å²) in [5.74, 6) is 0.0554. The topological polar surface area (TPSA) is 69.9 Å². The average molecular weight is 603 g/mol. The summed E-state index contributed by atoms with van der Waals surface area (Å²) in [5.41, 5.74) is 2.70. The predicted molar refractivity (Wildman–Crippen MR) is 166 cm³/mol. The van der Waals surface area contributed by atoms with Crippen LogP contribution in [0.15, 0.2) is 106 Å². The molecule has 0 spiro atoms. The summed E-state index contributed by atoms with van der Waals surface area (Å²) in [6.45, 7) is 5.96. The Kier molecular flexibility index (Phi) is 8.93. The number of carbonyl (C=O) groups excluding carboxylic acids is 1. The van der Waals surface area contributed by atoms with Gasteiger partial charge in [-0.25, -0.2) is 9.79 Å². The zero-order chi connectivity index (χ0) is 28.9. The fourth-order valence-electron chi connectivity index (χ4n) is 4.60. The number of rotatable bonds is 9. The quantitative estimate of drug-likeness (QED) is 0.136. The van der Waals surface area contributed by atoms with Crippen molar-refractivity contribution in [2.75, 3.05) is 19.5 Å². The lowest BCUT2D eigenvalue weighted by atomic mass is 9.93. The van der Waals surface area contributed by atoms with Gasteiger partial charge in [-0.2, -0.15) is 0 Å². The van der Waals surface area contributed by atoms with Crippen LogP contribution in [0.25, 0.3) is 11.8 Å². The van der Waals surface area contributed by atoms with Crippen molar-refractivity contribution in [3.63, 3.8) is 0 Å². The number of fused-ring (bicyclic) bond motifs is 1. The molecule has 0 amide bonds. The first kappa shape index (κ1) is 28.7. The molecule has 0 bridgehead atoms. The summed E-state index contributed by atoms with van der Waals surface area (Å²) < 4.78 is 13.4. The van der Waals surface area contributed by atoms with Crippen molar-refractivity contribution in [2.45, 2.75) is 17.9 Å². The molecule has 0 saturated heterocycles. The van der Waals surface area contributed by atoms with E-state index in [9.17, 15) is 9.59 Å². The van der Waals surface area contributed by atoms with Crippen LogP contribution in [0.5, 0.6) is 5.75 Å². The van der Waals surface area contributed by atoms with Gasteiger partial charge in [-0.05, 0) is 55.2 Å². The summed E-state index contributed by atoms with van der Waals surface area (Å²) in [4.78, 5) is 34.1. The van der Waals surface area contributed by atoms with Crippen LogP contribution in [0.2, 0.25) is 5.02 Å². The third-order valence-electron chi connectivity index (χ3n) is 6.42. The fraction of sp³-hybridized carbons (Fsp3) is 0.156. The maximum atomic E-state index is 14.1. The molecule has 41 heavy (non-hydrogen) atoms. The van der Waals surface area contributed by atoms with Gasteiger partial charge in [0, 0.05) is 21.0 Å². The monoisotopic (exact) mass is 602 g/mol. The minimum absolute atomic E-state index is 0.190. The summed E-state index contributed by atoms with van der Waals surface area (Å²) >= 11 is 9.16. The molecule has 208 valence electrons. The predicted octanol–water partition coefficient (Wildman–Crippen LogP) is 5.88. The summed E-state index contributed by atoms with van der Waals surface area (Å²) in [7, 11) is 0. The molecule has 1 aliphatic rings. The van der Waals surface area contributed by atoms with Crippen LogP contribution in [0.3, 0.4) is 0 Å². The standard InChI is InChI=1S/C32H27ClN2O4S2/c1-4-17-39-25-16-13-23(33)18-22(25)19-26-30(36)35-29(21-11-14-24(40-3)15-12-21)27(31(37)38-5-2)28(34-32(35)41-26)20-9-7-6-8-10-20/h4,6-16,18-19,29H,1,5,17H2,2-3H3/b26-19-/t29-/m1/s1. The van der Waals surface area contributed by atoms with Gasteiger partial charge in [0.2, 0.25) is 0 Å². The number of hydrogen-bond acceptors (Lipinski definition) is 7. The number of aromatic nitrogens is 1. The number of carbonyl (C=O) groups is 1. The number of esters is 1. The van der Waals surface area contributed by atoms with Gasteiger partial charge in [0.25, 0.3) is 5.56 Å². The van der Waals surface area contributed by atoms with Crippen LogP contribution >= 0.6 is 34.7 Å². The van der Waals surface area contributed by atoms with E-state index in [1.165, 1.54) is 11.3 Å². The number of hydrogen-bond donors (Lipinski definition) is 0. The highest BCUT2D eigenvalue weighted by atomic mass is 35.5. The van der Waals surface area contributed by atoms with Gasteiger partial charge in [0.15, 0.2) is 4.80 Å². The number of halogens is 1. The van der Waals surface area contributed by atoms with Gasteiger partial charge in [-0.3, -0.25) is 9.36 Å². The SMILES string of the molecule is C=CCOc1ccc(Cl)cc1/C=c1\sc2n(c1=O)[C@H](c1ccc(SC)cc1)C(C(=O)OCC)=C(c1ccccc1)N=2. The molecule has 0 saturated carbocycles. The smallest absolute Gasteiger partial charge is 0.338 e. The van der Waals surface area contributed by atoms with Gasteiger partial charge in [-0.1, -0.05) is 78.1 Å². The van der Waals surface area contributed by atoms with Gasteiger partial charge in [0.1, 0.15) is 12.4 Å². The summed E-state index contributed by atoms with van der Waals surface area (Å²) in [6, 6.07) is 21.8. The Morgan fingerprint density at radius 2 is 1.90 bits per heavy atom. The van der Waals surface area contributed by atoms with Crippen molar-refractivity contribution in [2.24, 2.45) is 4.99 Å². The molecule has 1 atom stereocenters. The summed E-state index contributed by atoms with van der Waals surface area (Å²) in [6.07, 6.45) is 5.40. The number of thiazole rings is 1. The molecule has 1 aliphatic heterocycles. The van der Waals surface area contributed by atoms with Crippen molar-refractivity contribution in [3.8, 4) is 5.75 Å². The minimum atomic E-state index is -0.741. The first-order chi connectivity index (χ1) is 19.9. The molecular weight excluding hydrogens is 576 g/mol. The molecule has 0 radical (unpaired) electrons. The Labute approximate surface area is 250 Å². The highest BCUT2D eigenvalue weighted by Crippen LogP contribution is 2.35. The van der Waals surface area contributed by atoms with Crippen molar-refractivity contribution >= 4 is 52.4 Å². The second kappa shape index (κ2) is 12.8. The molecule has 6 nitrogen and oxygen atoms in total. The zero-order valence-electron chi connectivity index (χ0n) is 22.5. The van der Waals surface area contributed by atoms with Gasteiger partial charge in [-0.15, -0.1) is 11.8 Å². The Morgan fingerprint density at radius 1 is 1.15 bits per heavy atom. The second-order valence-electron chi connectivity index (χ2n) is 8.99. The Hall–Kier alpha value is -3.85. The molecule has 0 N–H and O–H groups in total. The second-order valence-corrected chi connectivity index (χ2v) is 11.3. The van der Waals surface area contributed by atoms with Crippen LogP contribution < -0.4 is 19.6 Å². The first-order valence-corrected chi connectivity index (χ1v) is 15.3.